The van der Waals surface area contributed by atoms with Crippen molar-refractivity contribution in [3.63, 3.8) is 0 Å². The minimum atomic E-state index is -4.85. The van der Waals surface area contributed by atoms with Crippen molar-refractivity contribution in [1.82, 2.24) is 5.32 Å². The average Bonchev–Trinajstić information content (AvgIpc) is 3.06. The van der Waals surface area contributed by atoms with Gasteiger partial charge in [-0.25, -0.2) is 13.6 Å². The maximum Gasteiger partial charge on any atom is 0.417 e. The molecule has 2 heterocycles. The summed E-state index contributed by atoms with van der Waals surface area (Å²) in [7, 11) is -4.51. The Hall–Kier alpha value is -2.53. The Morgan fingerprint density at radius 1 is 1.24 bits per heavy atom. The number of furan rings is 1. The summed E-state index contributed by atoms with van der Waals surface area (Å²) in [6.07, 6.45) is -2.37. The van der Waals surface area contributed by atoms with Crippen molar-refractivity contribution in [2.45, 2.75) is 36.9 Å². The van der Waals surface area contributed by atoms with Crippen LogP contribution in [0.5, 0.6) is 0 Å². The molecule has 7 nitrogen and oxygen atoms in total. The lowest BCUT2D eigenvalue weighted by molar-refractivity contribution is -0.139. The Bertz CT molecular complexity index is 1010. The molecule has 1 aliphatic rings. The second-order valence-electron chi connectivity index (χ2n) is 6.85. The lowest BCUT2D eigenvalue weighted by atomic mass is 10.0. The molecule has 1 aliphatic heterocycles. The highest BCUT2D eigenvalue weighted by Crippen LogP contribution is 2.36. The highest BCUT2D eigenvalue weighted by molar-refractivity contribution is 7.89. The highest BCUT2D eigenvalue weighted by Gasteiger charge is 2.37. The predicted molar refractivity (Wildman–Crippen MR) is 99.0 cm³/mol. The quantitative estimate of drug-likeness (QED) is 0.774. The summed E-state index contributed by atoms with van der Waals surface area (Å²) in [5.74, 6) is 0.251. The molecule has 0 radical (unpaired) electrons. The second-order valence-corrected chi connectivity index (χ2v) is 8.38. The molecule has 1 amide bonds. The number of benzene rings is 1. The number of amides is 1. The molecule has 158 valence electrons. The number of aryl methyl sites for hydroxylation is 1. The molecule has 29 heavy (non-hydrogen) atoms. The number of anilines is 1. The minimum Gasteiger partial charge on any atom is -0.469 e. The molecule has 2 aromatic rings. The van der Waals surface area contributed by atoms with Gasteiger partial charge in [0.1, 0.15) is 5.76 Å². The Balaban J connectivity index is 1.71. The number of piperidine rings is 1. The molecule has 1 fully saturated rings. The van der Waals surface area contributed by atoms with Crippen LogP contribution in [-0.2, 0) is 16.2 Å². The number of hydrogen-bond donors (Lipinski definition) is 2. The number of sulfonamides is 1. The molecular formula is C18H20F3N3O4S. The van der Waals surface area contributed by atoms with Crippen molar-refractivity contribution in [3.05, 3.63) is 47.4 Å². The van der Waals surface area contributed by atoms with Crippen molar-refractivity contribution in [1.29, 1.82) is 0 Å². The first kappa shape index (κ1) is 21.2. The first-order valence-corrected chi connectivity index (χ1v) is 10.4. The summed E-state index contributed by atoms with van der Waals surface area (Å²) < 4.78 is 68.0. The number of halogens is 3. The van der Waals surface area contributed by atoms with E-state index < -0.39 is 26.7 Å². The van der Waals surface area contributed by atoms with E-state index in [0.717, 1.165) is 12.1 Å². The van der Waals surface area contributed by atoms with Crippen LogP contribution in [0.2, 0.25) is 0 Å². The molecule has 3 rings (SSSR count). The van der Waals surface area contributed by atoms with Gasteiger partial charge in [0.25, 0.3) is 5.91 Å². The van der Waals surface area contributed by atoms with Gasteiger partial charge in [0.15, 0.2) is 0 Å². The molecule has 1 saturated heterocycles. The van der Waals surface area contributed by atoms with Gasteiger partial charge in [-0.1, -0.05) is 0 Å². The van der Waals surface area contributed by atoms with E-state index in [1.807, 2.05) is 0 Å². The SMILES string of the molecule is Cc1occc1C(=O)NC1CCN(c2ccc(S(N)(=O)=O)c(C(F)(F)F)c2)CC1. The van der Waals surface area contributed by atoms with E-state index >= 15 is 0 Å². The van der Waals surface area contributed by atoms with Crippen molar-refractivity contribution in [3.8, 4) is 0 Å². The molecule has 0 spiro atoms. The fourth-order valence-corrected chi connectivity index (χ4v) is 4.09. The fourth-order valence-electron chi connectivity index (χ4n) is 3.35. The van der Waals surface area contributed by atoms with Gasteiger partial charge in [0.2, 0.25) is 10.0 Å². The number of nitrogens with two attached hydrogens (primary N) is 1. The summed E-state index contributed by atoms with van der Waals surface area (Å²) in [6, 6.07) is 4.43. The highest BCUT2D eigenvalue weighted by atomic mass is 32.2. The van der Waals surface area contributed by atoms with E-state index in [4.69, 9.17) is 9.56 Å². The lowest BCUT2D eigenvalue weighted by Gasteiger charge is -2.34. The maximum atomic E-state index is 13.3. The molecule has 3 N–H and O–H groups in total. The largest absolute Gasteiger partial charge is 0.469 e. The molecule has 1 aromatic carbocycles. The third-order valence-corrected chi connectivity index (χ3v) is 5.84. The number of primary sulfonamides is 1. The molecule has 0 unspecified atom stereocenters. The molecule has 0 aliphatic carbocycles. The van der Waals surface area contributed by atoms with Crippen LogP contribution in [0.3, 0.4) is 0 Å². The van der Waals surface area contributed by atoms with Gasteiger partial charge in [-0.05, 0) is 44.0 Å². The van der Waals surface area contributed by atoms with Crippen LogP contribution in [0.4, 0.5) is 18.9 Å². The van der Waals surface area contributed by atoms with Crippen LogP contribution in [-0.4, -0.2) is 33.5 Å². The topological polar surface area (TPSA) is 106 Å². The summed E-state index contributed by atoms with van der Waals surface area (Å²) in [6.45, 7) is 2.49. The minimum absolute atomic E-state index is 0.126. The number of carbonyl (C=O) groups is 1. The third-order valence-electron chi connectivity index (χ3n) is 4.87. The fraction of sp³-hybridized carbons (Fsp3) is 0.389. The first-order chi connectivity index (χ1) is 13.5. The van der Waals surface area contributed by atoms with E-state index in [1.54, 1.807) is 17.9 Å². The average molecular weight is 431 g/mol. The second kappa shape index (κ2) is 7.71. The number of carbonyl (C=O) groups excluding carboxylic acids is 1. The smallest absolute Gasteiger partial charge is 0.417 e. The summed E-state index contributed by atoms with van der Waals surface area (Å²) in [5, 5.41) is 7.81. The van der Waals surface area contributed by atoms with E-state index in [0.29, 0.717) is 37.3 Å². The first-order valence-electron chi connectivity index (χ1n) is 8.81. The normalized spacial score (nSPS) is 16.1. The van der Waals surface area contributed by atoms with Crippen molar-refractivity contribution < 1.29 is 30.8 Å². The monoisotopic (exact) mass is 431 g/mol. The number of nitrogens with zero attached hydrogens (tertiary/aromatic N) is 1. The van der Waals surface area contributed by atoms with Crippen molar-refractivity contribution in [2.75, 3.05) is 18.0 Å². The molecule has 0 atom stereocenters. The van der Waals surface area contributed by atoms with E-state index in [2.05, 4.69) is 5.32 Å². The van der Waals surface area contributed by atoms with E-state index in [-0.39, 0.29) is 17.6 Å². The van der Waals surface area contributed by atoms with Crippen LogP contribution in [0.15, 0.2) is 39.8 Å². The van der Waals surface area contributed by atoms with Crippen LogP contribution < -0.4 is 15.4 Å². The zero-order valence-corrected chi connectivity index (χ0v) is 16.3. The van der Waals surface area contributed by atoms with Gasteiger partial charge in [0.05, 0.1) is 22.3 Å². The summed E-state index contributed by atoms with van der Waals surface area (Å²) in [5.41, 5.74) is -0.593. The Morgan fingerprint density at radius 2 is 1.90 bits per heavy atom. The number of nitrogens with one attached hydrogen (secondary N) is 1. The zero-order valence-electron chi connectivity index (χ0n) is 15.5. The van der Waals surface area contributed by atoms with Gasteiger partial charge in [0, 0.05) is 24.8 Å². The van der Waals surface area contributed by atoms with Gasteiger partial charge in [-0.3, -0.25) is 4.79 Å². The van der Waals surface area contributed by atoms with E-state index in [9.17, 15) is 26.4 Å². The molecular weight excluding hydrogens is 411 g/mol. The Labute approximate surface area is 165 Å². The van der Waals surface area contributed by atoms with Crippen molar-refractivity contribution >= 4 is 21.6 Å². The van der Waals surface area contributed by atoms with Crippen LogP contribution in [0.1, 0.15) is 34.5 Å². The zero-order chi connectivity index (χ0) is 21.4. The number of rotatable bonds is 4. The van der Waals surface area contributed by atoms with Gasteiger partial charge >= 0.3 is 6.18 Å². The summed E-state index contributed by atoms with van der Waals surface area (Å²) >= 11 is 0. The van der Waals surface area contributed by atoms with Gasteiger partial charge < -0.3 is 14.6 Å². The van der Waals surface area contributed by atoms with Crippen LogP contribution >= 0.6 is 0 Å². The van der Waals surface area contributed by atoms with Gasteiger partial charge in [-0.15, -0.1) is 0 Å². The molecule has 1 aromatic heterocycles. The molecule has 0 bridgehead atoms. The summed E-state index contributed by atoms with van der Waals surface area (Å²) in [4.78, 5) is 13.0. The molecule has 0 saturated carbocycles. The van der Waals surface area contributed by atoms with Crippen LogP contribution in [0.25, 0.3) is 0 Å². The number of hydrogen-bond acceptors (Lipinski definition) is 5. The Kier molecular flexibility index (Phi) is 5.63. The number of alkyl halides is 3. The maximum absolute atomic E-state index is 13.3. The van der Waals surface area contributed by atoms with Gasteiger partial charge in [-0.2, -0.15) is 13.2 Å². The van der Waals surface area contributed by atoms with E-state index in [1.165, 1.54) is 12.3 Å². The third kappa shape index (κ3) is 4.73. The van der Waals surface area contributed by atoms with Crippen molar-refractivity contribution in [2.24, 2.45) is 5.14 Å². The standard InChI is InChI=1S/C18H20F3N3O4S/c1-11-14(6-9-28-11)17(25)23-12-4-7-24(8-5-12)13-2-3-16(29(22,26)27)15(10-13)18(19,20)21/h2-3,6,9-10,12H,4-5,7-8H2,1H3,(H,23,25)(H2,22,26,27). The molecule has 11 heteroatoms. The predicted octanol–water partition coefficient (Wildman–Crippen LogP) is 2.65. The lowest BCUT2D eigenvalue weighted by Crippen LogP contribution is -2.44. The Morgan fingerprint density at radius 3 is 2.41 bits per heavy atom. The van der Waals surface area contributed by atoms with Crippen LogP contribution in [0, 0.1) is 6.92 Å².